The number of nitrogens with zero attached hydrogens (tertiary/aromatic N) is 1. The van der Waals surface area contributed by atoms with Gasteiger partial charge in [-0.15, -0.1) is 12.4 Å². The third-order valence-electron chi connectivity index (χ3n) is 5.20. The number of sulfonamides is 1. The van der Waals surface area contributed by atoms with E-state index in [2.05, 4.69) is 5.32 Å². The van der Waals surface area contributed by atoms with Crippen LogP contribution >= 0.6 is 12.4 Å². The molecule has 1 N–H and O–H groups in total. The van der Waals surface area contributed by atoms with Gasteiger partial charge in [-0.25, -0.2) is 21.6 Å². The number of benzene rings is 2. The molecule has 0 spiro atoms. The zero-order valence-corrected chi connectivity index (χ0v) is 15.7. The van der Waals surface area contributed by atoms with Crippen LogP contribution in [0.5, 0.6) is 0 Å². The topological polar surface area (TPSA) is 49.4 Å². The molecular formula is C18H18ClF3N2O2S. The lowest BCUT2D eigenvalue weighted by Gasteiger charge is -2.28. The minimum absolute atomic E-state index is 0. The Hall–Kier alpha value is -1.61. The predicted octanol–water partition coefficient (Wildman–Crippen LogP) is 3.11. The molecule has 4 rings (SSSR count). The molecule has 0 amide bonds. The maximum absolute atomic E-state index is 14.2. The van der Waals surface area contributed by atoms with E-state index in [1.54, 1.807) is 6.07 Å². The van der Waals surface area contributed by atoms with Gasteiger partial charge in [0.25, 0.3) is 0 Å². The summed E-state index contributed by atoms with van der Waals surface area (Å²) in [6.07, 6.45) is 0. The fraction of sp³-hybridized carbons (Fsp3) is 0.333. The third-order valence-corrected chi connectivity index (χ3v) is 7.10. The summed E-state index contributed by atoms with van der Waals surface area (Å²) in [4.78, 5) is -0.950. The van der Waals surface area contributed by atoms with Crippen LogP contribution in [-0.2, 0) is 10.0 Å². The monoisotopic (exact) mass is 418 g/mol. The van der Waals surface area contributed by atoms with Crippen molar-refractivity contribution in [3.05, 3.63) is 65.5 Å². The zero-order chi connectivity index (χ0) is 18.5. The second kappa shape index (κ2) is 7.43. The summed E-state index contributed by atoms with van der Waals surface area (Å²) in [5, 5.41) is 3.21. The third kappa shape index (κ3) is 3.35. The molecule has 0 radical (unpaired) electrons. The van der Waals surface area contributed by atoms with Crippen LogP contribution in [0, 0.1) is 29.3 Å². The summed E-state index contributed by atoms with van der Waals surface area (Å²) in [6.45, 7) is 1.31. The number of rotatable bonds is 3. The van der Waals surface area contributed by atoms with Gasteiger partial charge >= 0.3 is 0 Å². The van der Waals surface area contributed by atoms with E-state index in [-0.39, 0.29) is 30.8 Å². The van der Waals surface area contributed by atoms with Crippen LogP contribution in [0.15, 0.2) is 47.4 Å². The van der Waals surface area contributed by atoms with Crippen molar-refractivity contribution in [3.8, 4) is 0 Å². The fourth-order valence-electron chi connectivity index (χ4n) is 4.08. The van der Waals surface area contributed by atoms with Crippen molar-refractivity contribution in [1.82, 2.24) is 9.62 Å². The predicted molar refractivity (Wildman–Crippen MR) is 96.5 cm³/mol. The Morgan fingerprint density at radius 2 is 1.67 bits per heavy atom. The lowest BCUT2D eigenvalue weighted by molar-refractivity contribution is 0.341. The van der Waals surface area contributed by atoms with Crippen LogP contribution in [-0.4, -0.2) is 32.4 Å². The second-order valence-electron chi connectivity index (χ2n) is 6.71. The first-order valence-electron chi connectivity index (χ1n) is 8.31. The molecule has 27 heavy (non-hydrogen) atoms. The van der Waals surface area contributed by atoms with E-state index in [1.165, 1.54) is 18.2 Å². The smallest absolute Gasteiger partial charge is 0.249 e. The van der Waals surface area contributed by atoms with E-state index < -0.39 is 38.4 Å². The van der Waals surface area contributed by atoms with Gasteiger partial charge in [0.2, 0.25) is 10.0 Å². The highest BCUT2D eigenvalue weighted by Gasteiger charge is 2.50. The molecule has 0 aromatic heterocycles. The van der Waals surface area contributed by atoms with E-state index in [1.807, 2.05) is 0 Å². The Morgan fingerprint density at radius 3 is 2.33 bits per heavy atom. The van der Waals surface area contributed by atoms with Gasteiger partial charge in [0.1, 0.15) is 17.5 Å². The van der Waals surface area contributed by atoms with E-state index in [0.717, 1.165) is 22.5 Å². The highest BCUT2D eigenvalue weighted by molar-refractivity contribution is 7.89. The number of fused-ring (bicyclic) bond motifs is 1. The number of hydrogen-bond acceptors (Lipinski definition) is 3. The number of halogens is 4. The maximum Gasteiger partial charge on any atom is 0.249 e. The molecule has 0 saturated carbocycles. The fourth-order valence-corrected chi connectivity index (χ4v) is 5.91. The standard InChI is InChI=1S/C18H17F3N2O2S.ClH/c19-13-4-1-3-11(7-13)17-14-9-22-8-12(14)10-23(17)26(24,25)18-15(20)5-2-6-16(18)21;/h1-7,12,14,17,22H,8-10H2;1H/t12-,14-,17+;/m0./s1. The molecule has 146 valence electrons. The van der Waals surface area contributed by atoms with Crippen LogP contribution in [0.1, 0.15) is 11.6 Å². The van der Waals surface area contributed by atoms with Crippen LogP contribution in [0.25, 0.3) is 0 Å². The highest BCUT2D eigenvalue weighted by Crippen LogP contribution is 2.45. The molecule has 0 aliphatic carbocycles. The van der Waals surface area contributed by atoms with E-state index in [4.69, 9.17) is 0 Å². The molecule has 0 bridgehead atoms. The lowest BCUT2D eigenvalue weighted by atomic mass is 9.90. The Morgan fingerprint density at radius 1 is 1.00 bits per heavy atom. The normalized spacial score (nSPS) is 25.2. The molecule has 2 saturated heterocycles. The minimum Gasteiger partial charge on any atom is -0.316 e. The summed E-state index contributed by atoms with van der Waals surface area (Å²) in [7, 11) is -4.42. The molecule has 2 aliphatic rings. The summed E-state index contributed by atoms with van der Waals surface area (Å²) >= 11 is 0. The summed E-state index contributed by atoms with van der Waals surface area (Å²) < 4.78 is 69.4. The molecule has 2 heterocycles. The molecule has 4 nitrogen and oxygen atoms in total. The van der Waals surface area contributed by atoms with Crippen molar-refractivity contribution in [1.29, 1.82) is 0 Å². The van der Waals surface area contributed by atoms with E-state index in [0.29, 0.717) is 18.7 Å². The lowest BCUT2D eigenvalue weighted by Crippen LogP contribution is -2.35. The van der Waals surface area contributed by atoms with Crippen LogP contribution in [0.2, 0.25) is 0 Å². The largest absolute Gasteiger partial charge is 0.316 e. The average molecular weight is 419 g/mol. The van der Waals surface area contributed by atoms with Crippen molar-refractivity contribution in [2.75, 3.05) is 19.6 Å². The van der Waals surface area contributed by atoms with Crippen molar-refractivity contribution < 1.29 is 21.6 Å². The first-order chi connectivity index (χ1) is 12.4. The minimum atomic E-state index is -4.42. The maximum atomic E-state index is 14.2. The quantitative estimate of drug-likeness (QED) is 0.833. The van der Waals surface area contributed by atoms with Gasteiger partial charge in [0.15, 0.2) is 4.90 Å². The molecule has 9 heteroatoms. The highest BCUT2D eigenvalue weighted by atomic mass is 35.5. The SMILES string of the molecule is Cl.O=S(=O)(c1c(F)cccc1F)N1C[C@@H]2CNC[C@@H]2[C@H]1c1cccc(F)c1. The van der Waals surface area contributed by atoms with Crippen molar-refractivity contribution in [2.45, 2.75) is 10.9 Å². The summed E-state index contributed by atoms with van der Waals surface area (Å²) in [5.74, 6) is -2.81. The summed E-state index contributed by atoms with van der Waals surface area (Å²) in [5.41, 5.74) is 0.488. The summed E-state index contributed by atoms with van der Waals surface area (Å²) in [6, 6.07) is 8.01. The Kier molecular flexibility index (Phi) is 5.54. The molecule has 3 atom stereocenters. The van der Waals surface area contributed by atoms with Gasteiger partial charge in [-0.1, -0.05) is 18.2 Å². The van der Waals surface area contributed by atoms with Crippen molar-refractivity contribution >= 4 is 22.4 Å². The molecular weight excluding hydrogens is 401 g/mol. The van der Waals surface area contributed by atoms with Gasteiger partial charge in [0, 0.05) is 13.1 Å². The van der Waals surface area contributed by atoms with Gasteiger partial charge in [0.05, 0.1) is 6.04 Å². The van der Waals surface area contributed by atoms with Crippen LogP contribution < -0.4 is 5.32 Å². The second-order valence-corrected chi connectivity index (χ2v) is 8.53. The van der Waals surface area contributed by atoms with Gasteiger partial charge in [-0.05, 0) is 48.2 Å². The van der Waals surface area contributed by atoms with Crippen molar-refractivity contribution in [2.24, 2.45) is 11.8 Å². The van der Waals surface area contributed by atoms with E-state index >= 15 is 0 Å². The van der Waals surface area contributed by atoms with Crippen LogP contribution in [0.4, 0.5) is 13.2 Å². The van der Waals surface area contributed by atoms with Crippen molar-refractivity contribution in [3.63, 3.8) is 0 Å². The first kappa shape index (κ1) is 20.1. The van der Waals surface area contributed by atoms with Gasteiger partial charge in [-0.2, -0.15) is 4.31 Å². The molecule has 2 aromatic rings. The molecule has 2 fully saturated rings. The Bertz CT molecular complexity index is 937. The Labute approximate surface area is 161 Å². The van der Waals surface area contributed by atoms with Gasteiger partial charge in [-0.3, -0.25) is 0 Å². The first-order valence-corrected chi connectivity index (χ1v) is 9.75. The molecule has 2 aromatic carbocycles. The molecule has 0 unspecified atom stereocenters. The average Bonchev–Trinajstić information content (AvgIpc) is 3.15. The number of nitrogens with one attached hydrogen (secondary N) is 1. The van der Waals surface area contributed by atoms with E-state index in [9.17, 15) is 21.6 Å². The zero-order valence-electron chi connectivity index (χ0n) is 14.1. The van der Waals surface area contributed by atoms with Gasteiger partial charge < -0.3 is 5.32 Å². The molecule has 2 aliphatic heterocycles. The van der Waals surface area contributed by atoms with Crippen LogP contribution in [0.3, 0.4) is 0 Å². The Balaban J connectivity index is 0.00000210. The number of hydrogen-bond donors (Lipinski definition) is 1.